The zero-order valence-electron chi connectivity index (χ0n) is 11.1. The van der Waals surface area contributed by atoms with E-state index in [2.05, 4.69) is 0 Å². The summed E-state index contributed by atoms with van der Waals surface area (Å²) in [5, 5.41) is 0. The number of hydrogen-bond donors (Lipinski definition) is 0. The molecule has 0 aromatic heterocycles. The molecule has 0 unspecified atom stereocenters. The lowest BCUT2D eigenvalue weighted by Crippen LogP contribution is -2.05. The summed E-state index contributed by atoms with van der Waals surface area (Å²) in [6.45, 7) is 1.13. The van der Waals surface area contributed by atoms with Gasteiger partial charge in [0.25, 0.3) is 0 Å². The van der Waals surface area contributed by atoms with E-state index in [1.807, 2.05) is 0 Å². The van der Waals surface area contributed by atoms with Gasteiger partial charge in [-0.15, -0.1) is 0 Å². The van der Waals surface area contributed by atoms with Crippen molar-refractivity contribution in [1.29, 1.82) is 0 Å². The van der Waals surface area contributed by atoms with Crippen LogP contribution in [0, 0.1) is 5.82 Å². The van der Waals surface area contributed by atoms with Gasteiger partial charge in [-0.25, -0.2) is 4.39 Å². The van der Waals surface area contributed by atoms with Gasteiger partial charge < -0.3 is 14.2 Å². The predicted octanol–water partition coefficient (Wildman–Crippen LogP) is 3.21. The third-order valence-electron chi connectivity index (χ3n) is 2.98. The van der Waals surface area contributed by atoms with Crippen LogP contribution in [0.15, 0.2) is 42.5 Å². The van der Waals surface area contributed by atoms with Crippen molar-refractivity contribution in [2.75, 3.05) is 13.2 Å². The Kier molecular flexibility index (Phi) is 3.83. The van der Waals surface area contributed by atoms with Gasteiger partial charge in [0.15, 0.2) is 6.29 Å². The van der Waals surface area contributed by atoms with Crippen LogP contribution in [0.25, 0.3) is 0 Å². The largest absolute Gasteiger partial charge is 0.490 e. The fraction of sp³-hybridized carbons (Fsp3) is 0.188. The molecule has 1 aliphatic rings. The van der Waals surface area contributed by atoms with E-state index < -0.39 is 0 Å². The first-order chi connectivity index (χ1) is 10.2. The highest BCUT2D eigenvalue weighted by atomic mass is 19.1. The molecule has 0 bridgehead atoms. The number of rotatable bonds is 6. The maximum atomic E-state index is 12.8. The first kappa shape index (κ1) is 13.6. The smallest absolute Gasteiger partial charge is 0.153 e. The molecule has 0 aliphatic carbocycles. The van der Waals surface area contributed by atoms with Crippen LogP contribution >= 0.6 is 0 Å². The second kappa shape index (κ2) is 5.93. The molecule has 2 aromatic rings. The van der Waals surface area contributed by atoms with Crippen LogP contribution in [0.2, 0.25) is 0 Å². The van der Waals surface area contributed by atoms with Crippen molar-refractivity contribution in [3.8, 4) is 17.2 Å². The lowest BCUT2D eigenvalue weighted by molar-refractivity contribution is 0.111. The van der Waals surface area contributed by atoms with Crippen LogP contribution in [0.4, 0.5) is 4.39 Å². The molecule has 3 rings (SSSR count). The summed E-state index contributed by atoms with van der Waals surface area (Å²) in [6, 6.07) is 10.6. The maximum Gasteiger partial charge on any atom is 0.153 e. The minimum Gasteiger partial charge on any atom is -0.490 e. The van der Waals surface area contributed by atoms with E-state index in [1.165, 1.54) is 24.3 Å². The molecule has 4 nitrogen and oxygen atoms in total. The Hall–Kier alpha value is -2.40. The number of carbonyl (C=O) groups is 1. The van der Waals surface area contributed by atoms with Gasteiger partial charge in [-0.1, -0.05) is 0 Å². The monoisotopic (exact) mass is 288 g/mol. The Balaban J connectivity index is 1.73. The first-order valence-corrected chi connectivity index (χ1v) is 6.51. The highest BCUT2D eigenvalue weighted by Crippen LogP contribution is 2.27. The summed E-state index contributed by atoms with van der Waals surface area (Å²) in [6.07, 6.45) is 0.834. The Bertz CT molecular complexity index is 635. The molecular weight excluding hydrogens is 275 g/mol. The maximum absolute atomic E-state index is 12.8. The van der Waals surface area contributed by atoms with Gasteiger partial charge in [0, 0.05) is 0 Å². The van der Waals surface area contributed by atoms with E-state index in [9.17, 15) is 9.18 Å². The summed E-state index contributed by atoms with van der Waals surface area (Å²) >= 11 is 0. The second-order valence-electron chi connectivity index (χ2n) is 4.64. The molecule has 0 radical (unpaired) electrons. The number of carbonyl (C=O) groups excluding carboxylic acids is 1. The van der Waals surface area contributed by atoms with Crippen LogP contribution < -0.4 is 9.47 Å². The van der Waals surface area contributed by atoms with Crippen molar-refractivity contribution in [3.63, 3.8) is 0 Å². The van der Waals surface area contributed by atoms with Gasteiger partial charge in [-0.05, 0) is 42.5 Å². The van der Waals surface area contributed by atoms with Crippen LogP contribution in [-0.2, 0) is 4.74 Å². The van der Waals surface area contributed by atoms with E-state index in [1.54, 1.807) is 18.2 Å². The topological polar surface area (TPSA) is 48.1 Å². The van der Waals surface area contributed by atoms with Crippen molar-refractivity contribution in [1.82, 2.24) is 0 Å². The van der Waals surface area contributed by atoms with E-state index in [4.69, 9.17) is 14.2 Å². The SMILES string of the molecule is O=Cc1cc(Oc2ccc(F)cc2)ccc1OC[C@H]1CO1. The van der Waals surface area contributed by atoms with Gasteiger partial charge in [-0.2, -0.15) is 0 Å². The number of hydrogen-bond acceptors (Lipinski definition) is 4. The standard InChI is InChI=1S/C16H13FO4/c17-12-1-3-13(4-2-12)21-14-5-6-16(11(7-14)8-18)20-10-15-9-19-15/h1-8,15H,9-10H2/t15-/m1/s1. The molecule has 1 saturated heterocycles. The molecule has 1 heterocycles. The number of epoxide rings is 1. The van der Waals surface area contributed by atoms with Crippen molar-refractivity contribution in [3.05, 3.63) is 53.8 Å². The summed E-state index contributed by atoms with van der Waals surface area (Å²) < 4.78 is 28.9. The van der Waals surface area contributed by atoms with E-state index in [0.717, 1.165) is 0 Å². The average Bonchev–Trinajstić information content (AvgIpc) is 3.32. The van der Waals surface area contributed by atoms with E-state index in [-0.39, 0.29) is 11.9 Å². The normalized spacial score (nSPS) is 16.3. The number of halogens is 1. The van der Waals surface area contributed by atoms with Crippen molar-refractivity contribution in [2.45, 2.75) is 6.10 Å². The molecule has 1 aliphatic heterocycles. The Morgan fingerprint density at radius 1 is 1.19 bits per heavy atom. The molecule has 5 heteroatoms. The Labute approximate surface area is 121 Å². The number of aldehydes is 1. The third-order valence-corrected chi connectivity index (χ3v) is 2.98. The van der Waals surface area contributed by atoms with Gasteiger partial charge in [-0.3, -0.25) is 4.79 Å². The Morgan fingerprint density at radius 3 is 2.57 bits per heavy atom. The molecule has 0 N–H and O–H groups in total. The molecule has 2 aromatic carbocycles. The molecular formula is C16H13FO4. The van der Waals surface area contributed by atoms with Crippen molar-refractivity contribution >= 4 is 6.29 Å². The van der Waals surface area contributed by atoms with Gasteiger partial charge in [0.05, 0.1) is 12.2 Å². The molecule has 0 amide bonds. The van der Waals surface area contributed by atoms with Crippen LogP contribution in [-0.4, -0.2) is 25.6 Å². The average molecular weight is 288 g/mol. The second-order valence-corrected chi connectivity index (χ2v) is 4.64. The number of benzene rings is 2. The fourth-order valence-electron chi connectivity index (χ4n) is 1.80. The van der Waals surface area contributed by atoms with Crippen molar-refractivity contribution < 1.29 is 23.4 Å². The van der Waals surface area contributed by atoms with E-state index >= 15 is 0 Å². The first-order valence-electron chi connectivity index (χ1n) is 6.51. The van der Waals surface area contributed by atoms with Crippen LogP contribution in [0.3, 0.4) is 0 Å². The van der Waals surface area contributed by atoms with Gasteiger partial charge >= 0.3 is 0 Å². The highest BCUT2D eigenvalue weighted by Gasteiger charge is 2.23. The van der Waals surface area contributed by atoms with Gasteiger partial charge in [0.1, 0.15) is 35.8 Å². The van der Waals surface area contributed by atoms with Crippen molar-refractivity contribution in [2.24, 2.45) is 0 Å². The number of ether oxygens (including phenoxy) is 3. The minimum absolute atomic E-state index is 0.125. The molecule has 0 saturated carbocycles. The highest BCUT2D eigenvalue weighted by molar-refractivity contribution is 5.80. The molecule has 108 valence electrons. The molecule has 1 atom stereocenters. The molecule has 1 fully saturated rings. The van der Waals surface area contributed by atoms with Crippen LogP contribution in [0.1, 0.15) is 10.4 Å². The third kappa shape index (κ3) is 3.58. The molecule has 0 spiro atoms. The summed E-state index contributed by atoms with van der Waals surface area (Å²) in [5.74, 6) is 1.14. The summed E-state index contributed by atoms with van der Waals surface area (Å²) in [5.41, 5.74) is 0.398. The zero-order valence-corrected chi connectivity index (χ0v) is 11.1. The Morgan fingerprint density at radius 2 is 1.90 bits per heavy atom. The minimum atomic E-state index is -0.332. The zero-order chi connectivity index (χ0) is 14.7. The lowest BCUT2D eigenvalue weighted by atomic mass is 10.2. The fourth-order valence-corrected chi connectivity index (χ4v) is 1.80. The van der Waals surface area contributed by atoms with Gasteiger partial charge in [0.2, 0.25) is 0 Å². The summed E-state index contributed by atoms with van der Waals surface area (Å²) in [4.78, 5) is 11.1. The van der Waals surface area contributed by atoms with Crippen LogP contribution in [0.5, 0.6) is 17.2 Å². The molecule has 21 heavy (non-hydrogen) atoms. The predicted molar refractivity (Wildman–Crippen MR) is 73.5 cm³/mol. The van der Waals surface area contributed by atoms with E-state index in [0.29, 0.717) is 42.3 Å². The quantitative estimate of drug-likeness (QED) is 0.605. The lowest BCUT2D eigenvalue weighted by Gasteiger charge is -2.10. The summed E-state index contributed by atoms with van der Waals surface area (Å²) in [7, 11) is 0.